The normalized spacial score (nSPS) is 34.9. The van der Waals surface area contributed by atoms with Gasteiger partial charge in [-0.1, -0.05) is 343 Å². The molecule has 4 aromatic carbocycles. The molecule has 0 N–H and O–H groups in total. The number of allylic oxidation sites excluding steroid dienone is 24. The number of hydrogen-bond donors (Lipinski definition) is 0. The molecule has 9 heteroatoms. The fraction of sp³-hybridized carbons (Fsp3) is 0.529. The summed E-state index contributed by atoms with van der Waals surface area (Å²) in [5.74, 6) is 13.8. The Bertz CT molecular complexity index is 3810. The fourth-order valence-corrected chi connectivity index (χ4v) is 46.5. The summed E-state index contributed by atoms with van der Waals surface area (Å²) in [7, 11) is -4.61. The SMILES string of the molecule is CC(C)(Cl)Cl.CC(C)(Cl)Cl.CC(C)(Cl)Cl.CC1CC2C(c3ccccc3)=CC=CC2C1[Si](C)(C)C1C(C)CC2C(c3ccccc3)=CC=CC21.CC1CC2C=CC=CC2C1[Si](C)(C)C1C(C)CC2C=CC=CC21.CCCC[Si](C)(C1C(C)CC2C(c3ccccc3)=CC=CC21)C1C(C)CC2C(c3ccccc3)=CC=CC21. The minimum Gasteiger partial charge on any atom is -0.102 e. The van der Waals surface area contributed by atoms with E-state index in [0.29, 0.717) is 47.3 Å². The van der Waals surface area contributed by atoms with Crippen LogP contribution in [0.15, 0.2) is 243 Å². The van der Waals surface area contributed by atoms with Crippen LogP contribution in [0.5, 0.6) is 0 Å². The van der Waals surface area contributed by atoms with Crippen LogP contribution < -0.4 is 0 Å². The predicted molar refractivity (Wildman–Crippen MR) is 502 cm³/mol. The maximum atomic E-state index is 5.30. The Labute approximate surface area is 708 Å². The second-order valence-electron chi connectivity index (χ2n) is 38.9. The van der Waals surface area contributed by atoms with E-state index >= 15 is 0 Å². The standard InChI is InChI=1S/C37H46Si.C34H40Si.C22H32Si.3C3H6Cl2/c1-5-6-23-38(4,36-26(2)24-34-30(19-13-21-32(34)36)28-15-9-7-10-16-28)37-27(3)25-35-31(20-14-22-33(35)37)29-17-11-8-12-18-29;1-23-21-31-27(25-13-7-5-8-14-25)17-11-19-29(31)33(23)35(3,4)34-24(2)22-32-28(18-12-20-30(32)34)26-15-9-6-10-16-26;1-15-13-17-9-5-7-11-19(17)21(15)23(3,4)22-16(2)14-18-10-6-8-12-20(18)22;3*1-3(2,4)5/h7-22,26-27,32-37H,5-6,23-25H2,1-4H3;5-20,23-24,29-34H,21-22H2,1-4H3;5-12,15-22H,13-14H2,1-4H3;3*1-2H3. The highest BCUT2D eigenvalue weighted by Gasteiger charge is 2.62. The van der Waals surface area contributed by atoms with E-state index < -0.39 is 37.2 Å². The van der Waals surface area contributed by atoms with Gasteiger partial charge in [0.25, 0.3) is 0 Å². The van der Waals surface area contributed by atoms with Gasteiger partial charge in [0.05, 0.1) is 24.2 Å². The second kappa shape index (κ2) is 37.4. The molecule has 0 aromatic heterocycles. The number of unbranched alkanes of at least 4 members (excludes halogenated alkanes) is 1. The molecule has 0 saturated heterocycles. The number of hydrogen-bond acceptors (Lipinski definition) is 0. The van der Waals surface area contributed by atoms with Crippen molar-refractivity contribution in [1.82, 2.24) is 0 Å². The number of rotatable bonds is 13. The van der Waals surface area contributed by atoms with Crippen LogP contribution in [0.4, 0.5) is 0 Å². The third-order valence-electron chi connectivity index (χ3n) is 28.9. The predicted octanol–water partition coefficient (Wildman–Crippen LogP) is 32.6. The summed E-state index contributed by atoms with van der Waals surface area (Å²) in [5.41, 5.74) is 17.5. The van der Waals surface area contributed by atoms with Crippen LogP contribution in [0.2, 0.25) is 72.0 Å². The molecule has 16 rings (SSSR count). The first-order chi connectivity index (χ1) is 52.5. The monoisotopic (exact) mass is 1650 g/mol. The molecule has 0 heterocycles. The summed E-state index contributed by atoms with van der Waals surface area (Å²) in [6.45, 7) is 42.1. The number of benzene rings is 4. The second-order valence-corrected chi connectivity index (χ2v) is 60.0. The van der Waals surface area contributed by atoms with Crippen molar-refractivity contribution in [2.45, 2.75) is 226 Å². The highest BCUT2D eigenvalue weighted by molar-refractivity contribution is 6.82. The average Bonchev–Trinajstić information content (AvgIpc) is 1.58. The first kappa shape index (κ1) is 88.0. The quantitative estimate of drug-likeness (QED) is 0.0924. The lowest BCUT2D eigenvalue weighted by atomic mass is 9.81. The van der Waals surface area contributed by atoms with Crippen molar-refractivity contribution < 1.29 is 0 Å². The van der Waals surface area contributed by atoms with Crippen LogP contribution in [0, 0.1) is 107 Å². The third-order valence-corrected chi connectivity index (χ3v) is 46.0. The molecule has 4 aromatic rings. The molecule has 0 amide bonds. The lowest BCUT2D eigenvalue weighted by molar-refractivity contribution is 0.487. The molecule has 111 heavy (non-hydrogen) atoms. The topological polar surface area (TPSA) is 0 Å². The Morgan fingerprint density at radius 2 is 0.514 bits per heavy atom. The minimum absolute atomic E-state index is 0.556. The summed E-state index contributed by atoms with van der Waals surface area (Å²) in [6.07, 6.45) is 60.1. The number of alkyl halides is 6. The summed E-state index contributed by atoms with van der Waals surface area (Å²) in [4.78, 5) is 0. The van der Waals surface area contributed by atoms with Crippen LogP contribution in [-0.4, -0.2) is 37.2 Å². The van der Waals surface area contributed by atoms with E-state index in [0.717, 1.165) is 92.4 Å². The van der Waals surface area contributed by atoms with Crippen LogP contribution in [-0.2, 0) is 0 Å². The zero-order valence-corrected chi connectivity index (χ0v) is 78.1. The van der Waals surface area contributed by atoms with Crippen molar-refractivity contribution in [1.29, 1.82) is 0 Å². The molecule has 598 valence electrons. The van der Waals surface area contributed by atoms with Crippen LogP contribution >= 0.6 is 69.6 Å². The highest BCUT2D eigenvalue weighted by atomic mass is 35.5. The van der Waals surface area contributed by atoms with Crippen LogP contribution in [0.25, 0.3) is 22.3 Å². The van der Waals surface area contributed by atoms with Gasteiger partial charge in [-0.15, -0.1) is 69.6 Å². The van der Waals surface area contributed by atoms with Crippen molar-refractivity contribution in [3.05, 3.63) is 265 Å². The maximum absolute atomic E-state index is 5.30. The zero-order chi connectivity index (χ0) is 80.1. The first-order valence-electron chi connectivity index (χ1n) is 43.1. The Morgan fingerprint density at radius 1 is 0.297 bits per heavy atom. The molecule has 0 radical (unpaired) electrons. The van der Waals surface area contributed by atoms with Gasteiger partial charge in [0.1, 0.15) is 13.0 Å². The molecular formula is C102H136Cl6Si3. The molecule has 12 aliphatic rings. The number of fused-ring (bicyclic) bond motifs is 6. The highest BCUT2D eigenvalue weighted by Crippen LogP contribution is 2.69. The third kappa shape index (κ3) is 20.8. The Hall–Kier alpha value is -3.85. The van der Waals surface area contributed by atoms with Crippen molar-refractivity contribution in [3.63, 3.8) is 0 Å². The average molecular weight is 1660 g/mol. The summed E-state index contributed by atoms with van der Waals surface area (Å²) < 4.78 is -1.67. The summed E-state index contributed by atoms with van der Waals surface area (Å²) in [6, 6.07) is 46.4. The van der Waals surface area contributed by atoms with Gasteiger partial charge in [-0.05, 0) is 264 Å². The molecule has 12 aliphatic carbocycles. The van der Waals surface area contributed by atoms with E-state index in [4.69, 9.17) is 69.6 Å². The van der Waals surface area contributed by atoms with E-state index in [-0.39, 0.29) is 0 Å². The summed E-state index contributed by atoms with van der Waals surface area (Å²) >= 11 is 31.8. The van der Waals surface area contributed by atoms with Gasteiger partial charge in [0.2, 0.25) is 0 Å². The zero-order valence-electron chi connectivity index (χ0n) is 70.6. The molecule has 0 spiro atoms. The van der Waals surface area contributed by atoms with E-state index in [1.54, 1.807) is 63.8 Å². The largest absolute Gasteiger partial charge is 0.112 e. The van der Waals surface area contributed by atoms with Gasteiger partial charge in [0, 0.05) is 0 Å². The minimum atomic E-state index is -1.66. The van der Waals surface area contributed by atoms with Gasteiger partial charge in [0.15, 0.2) is 0 Å². The molecule has 6 saturated carbocycles. The molecular weight excluding hydrogens is 1520 g/mol. The molecule has 24 atom stereocenters. The fourth-order valence-electron chi connectivity index (χ4n) is 26.2. The van der Waals surface area contributed by atoms with Gasteiger partial charge in [-0.25, -0.2) is 0 Å². The smallest absolute Gasteiger partial charge is 0.102 e. The van der Waals surface area contributed by atoms with E-state index in [1.807, 2.05) is 0 Å². The number of halogens is 6. The van der Waals surface area contributed by atoms with Crippen molar-refractivity contribution in [2.75, 3.05) is 0 Å². The van der Waals surface area contributed by atoms with E-state index in [9.17, 15) is 0 Å². The van der Waals surface area contributed by atoms with Gasteiger partial charge < -0.3 is 0 Å². The molecule has 24 unspecified atom stereocenters. The Balaban J connectivity index is 0.000000154. The van der Waals surface area contributed by atoms with Crippen molar-refractivity contribution in [3.8, 4) is 0 Å². The van der Waals surface area contributed by atoms with Crippen molar-refractivity contribution in [2.24, 2.45) is 107 Å². The summed E-state index contributed by atoms with van der Waals surface area (Å²) in [5, 5.41) is 0. The van der Waals surface area contributed by atoms with E-state index in [2.05, 4.69) is 324 Å². The molecule has 6 fully saturated rings. The molecule has 0 bridgehead atoms. The Morgan fingerprint density at radius 3 is 0.775 bits per heavy atom. The van der Waals surface area contributed by atoms with Crippen molar-refractivity contribution >= 4 is 116 Å². The Kier molecular flexibility index (Phi) is 29.6. The molecule has 0 aliphatic heterocycles. The molecule has 0 nitrogen and oxygen atoms in total. The van der Waals surface area contributed by atoms with E-state index in [1.165, 1.54) is 79.7 Å². The van der Waals surface area contributed by atoms with Gasteiger partial charge in [-0.3, -0.25) is 0 Å². The first-order valence-corrected chi connectivity index (χ1v) is 54.5. The van der Waals surface area contributed by atoms with Crippen LogP contribution in [0.3, 0.4) is 0 Å². The lowest BCUT2D eigenvalue weighted by Crippen LogP contribution is -2.48. The maximum Gasteiger partial charge on any atom is 0.112 e. The van der Waals surface area contributed by atoms with Crippen LogP contribution in [0.1, 0.15) is 164 Å². The van der Waals surface area contributed by atoms with Gasteiger partial charge in [-0.2, -0.15) is 0 Å². The van der Waals surface area contributed by atoms with Gasteiger partial charge >= 0.3 is 0 Å². The lowest BCUT2D eigenvalue weighted by Gasteiger charge is -2.48.